The first kappa shape index (κ1) is 19.8. The van der Waals surface area contributed by atoms with Crippen LogP contribution in [-0.2, 0) is 6.42 Å². The zero-order valence-corrected chi connectivity index (χ0v) is 13.5. The zero-order chi connectivity index (χ0) is 17.3. The third-order valence-electron chi connectivity index (χ3n) is 3.64. The summed E-state index contributed by atoms with van der Waals surface area (Å²) in [6, 6.07) is 7.56. The smallest absolute Gasteiger partial charge is 0.389 e. The number of aliphatic hydroxyl groups excluding tert-OH is 1. The number of benzene rings is 1. The van der Waals surface area contributed by atoms with Crippen LogP contribution in [0.1, 0.15) is 44.6 Å². The molecule has 0 saturated carbocycles. The van der Waals surface area contributed by atoms with Gasteiger partial charge in [0.15, 0.2) is 0 Å². The van der Waals surface area contributed by atoms with E-state index >= 15 is 0 Å². The summed E-state index contributed by atoms with van der Waals surface area (Å²) < 4.78 is 41.4. The molecule has 0 bridgehead atoms. The Labute approximate surface area is 135 Å². The topological polar surface area (TPSA) is 55.5 Å². The first-order valence-corrected chi connectivity index (χ1v) is 7.90. The first-order chi connectivity index (χ1) is 10.7. The Balaban J connectivity index is 2.21. The predicted octanol–water partition coefficient (Wildman–Crippen LogP) is 3.83. The fraction of sp³-hybridized carbons (Fsp3) is 0.647. The number of hydrogen-bond donors (Lipinski definition) is 2. The number of nitrogens with two attached hydrogens (primary N) is 1. The highest BCUT2D eigenvalue weighted by molar-refractivity contribution is 5.27. The molecule has 132 valence electrons. The summed E-state index contributed by atoms with van der Waals surface area (Å²) >= 11 is 0. The van der Waals surface area contributed by atoms with Gasteiger partial charge in [-0.1, -0.05) is 12.1 Å². The van der Waals surface area contributed by atoms with Crippen molar-refractivity contribution >= 4 is 0 Å². The maximum atomic E-state index is 12.0. The van der Waals surface area contributed by atoms with Crippen LogP contribution in [0.3, 0.4) is 0 Å². The van der Waals surface area contributed by atoms with Gasteiger partial charge in [0.05, 0.1) is 13.2 Å². The van der Waals surface area contributed by atoms with Gasteiger partial charge in [0.2, 0.25) is 0 Å². The van der Waals surface area contributed by atoms with E-state index in [0.29, 0.717) is 31.6 Å². The molecule has 0 heterocycles. The average molecular weight is 333 g/mol. The van der Waals surface area contributed by atoms with Gasteiger partial charge in [-0.25, -0.2) is 0 Å². The third-order valence-corrected chi connectivity index (χ3v) is 3.64. The Morgan fingerprint density at radius 2 is 1.70 bits per heavy atom. The minimum atomic E-state index is -4.06. The standard InChI is InChI=1S/C17H26F3NO2/c1-16(21,13-22)11-9-14-5-7-15(8-6-14)23-12-4-2-3-10-17(18,19)20/h5-8,22H,2-4,9-13,21H2,1H3/t16-/m1/s1. The van der Waals surface area contributed by atoms with Crippen molar-refractivity contribution in [1.82, 2.24) is 0 Å². The molecule has 0 radical (unpaired) electrons. The van der Waals surface area contributed by atoms with Crippen molar-refractivity contribution in [2.24, 2.45) is 5.73 Å². The van der Waals surface area contributed by atoms with Gasteiger partial charge in [-0.2, -0.15) is 13.2 Å². The Morgan fingerprint density at radius 3 is 2.26 bits per heavy atom. The Bertz CT molecular complexity index is 444. The minimum Gasteiger partial charge on any atom is -0.494 e. The van der Waals surface area contributed by atoms with E-state index in [4.69, 9.17) is 15.6 Å². The van der Waals surface area contributed by atoms with Crippen LogP contribution in [0.2, 0.25) is 0 Å². The van der Waals surface area contributed by atoms with Crippen molar-refractivity contribution in [3.63, 3.8) is 0 Å². The van der Waals surface area contributed by atoms with Crippen molar-refractivity contribution in [1.29, 1.82) is 0 Å². The summed E-state index contributed by atoms with van der Waals surface area (Å²) in [5.41, 5.74) is 6.41. The van der Waals surface area contributed by atoms with Gasteiger partial charge in [-0.3, -0.25) is 0 Å². The molecule has 1 rings (SSSR count). The number of alkyl halides is 3. The number of unbranched alkanes of at least 4 members (excludes halogenated alkanes) is 2. The van der Waals surface area contributed by atoms with Crippen molar-refractivity contribution < 1.29 is 23.0 Å². The van der Waals surface area contributed by atoms with E-state index in [2.05, 4.69) is 0 Å². The van der Waals surface area contributed by atoms with Gasteiger partial charge in [0.1, 0.15) is 5.75 Å². The molecule has 0 aliphatic rings. The molecule has 0 aliphatic carbocycles. The quantitative estimate of drug-likeness (QED) is 0.640. The van der Waals surface area contributed by atoms with Crippen LogP contribution >= 0.6 is 0 Å². The predicted molar refractivity (Wildman–Crippen MR) is 84.5 cm³/mol. The molecular formula is C17H26F3NO2. The van der Waals surface area contributed by atoms with Gasteiger partial charge < -0.3 is 15.6 Å². The number of ether oxygens (including phenoxy) is 1. The number of aryl methyl sites for hydroxylation is 1. The molecule has 0 aliphatic heterocycles. The van der Waals surface area contributed by atoms with Gasteiger partial charge >= 0.3 is 6.18 Å². The SMILES string of the molecule is C[C@](N)(CO)CCc1ccc(OCCCCCC(F)(F)F)cc1. The van der Waals surface area contributed by atoms with Crippen LogP contribution in [0.15, 0.2) is 24.3 Å². The van der Waals surface area contributed by atoms with Gasteiger partial charge in [-0.15, -0.1) is 0 Å². The highest BCUT2D eigenvalue weighted by Gasteiger charge is 2.25. The average Bonchev–Trinajstić information content (AvgIpc) is 2.49. The molecule has 1 aromatic rings. The second kappa shape index (κ2) is 9.13. The summed E-state index contributed by atoms with van der Waals surface area (Å²) in [7, 11) is 0. The Hall–Kier alpha value is -1.27. The van der Waals surface area contributed by atoms with E-state index in [1.54, 1.807) is 0 Å². The molecule has 0 aromatic heterocycles. The minimum absolute atomic E-state index is 0.0530. The third kappa shape index (κ3) is 9.46. The van der Waals surface area contributed by atoms with Crippen LogP contribution in [-0.4, -0.2) is 30.0 Å². The summed E-state index contributed by atoms with van der Waals surface area (Å²) in [4.78, 5) is 0. The van der Waals surface area contributed by atoms with E-state index in [-0.39, 0.29) is 13.0 Å². The zero-order valence-electron chi connectivity index (χ0n) is 13.5. The normalized spacial score (nSPS) is 14.5. The Morgan fingerprint density at radius 1 is 1.04 bits per heavy atom. The number of rotatable bonds is 10. The highest BCUT2D eigenvalue weighted by Crippen LogP contribution is 2.22. The number of aliphatic hydroxyl groups is 1. The monoisotopic (exact) mass is 333 g/mol. The molecule has 0 amide bonds. The second-order valence-electron chi connectivity index (χ2n) is 6.23. The van der Waals surface area contributed by atoms with E-state index in [0.717, 1.165) is 12.0 Å². The molecular weight excluding hydrogens is 307 g/mol. The molecule has 0 unspecified atom stereocenters. The number of hydrogen-bond acceptors (Lipinski definition) is 3. The maximum absolute atomic E-state index is 12.0. The van der Waals surface area contributed by atoms with Crippen molar-refractivity contribution in [2.45, 2.75) is 57.2 Å². The number of halogens is 3. The molecule has 0 fully saturated rings. The van der Waals surface area contributed by atoms with E-state index in [9.17, 15) is 13.2 Å². The lowest BCUT2D eigenvalue weighted by atomic mass is 9.95. The Kier molecular flexibility index (Phi) is 7.85. The van der Waals surface area contributed by atoms with Crippen LogP contribution in [0.25, 0.3) is 0 Å². The lowest BCUT2D eigenvalue weighted by Gasteiger charge is -2.21. The van der Waals surface area contributed by atoms with E-state index in [1.165, 1.54) is 0 Å². The molecule has 3 N–H and O–H groups in total. The molecule has 0 saturated heterocycles. The van der Waals surface area contributed by atoms with Crippen molar-refractivity contribution in [2.75, 3.05) is 13.2 Å². The molecule has 3 nitrogen and oxygen atoms in total. The summed E-state index contributed by atoms with van der Waals surface area (Å²) in [5.74, 6) is 0.710. The summed E-state index contributed by atoms with van der Waals surface area (Å²) in [5, 5.41) is 9.11. The largest absolute Gasteiger partial charge is 0.494 e. The maximum Gasteiger partial charge on any atom is 0.389 e. The van der Waals surface area contributed by atoms with Crippen LogP contribution in [0, 0.1) is 0 Å². The summed E-state index contributed by atoms with van der Waals surface area (Å²) in [6.45, 7) is 2.17. The van der Waals surface area contributed by atoms with Gasteiger partial charge in [0.25, 0.3) is 0 Å². The lowest BCUT2D eigenvalue weighted by molar-refractivity contribution is -0.135. The molecule has 1 atom stereocenters. The van der Waals surface area contributed by atoms with E-state index in [1.807, 2.05) is 31.2 Å². The second-order valence-corrected chi connectivity index (χ2v) is 6.23. The molecule has 23 heavy (non-hydrogen) atoms. The van der Waals surface area contributed by atoms with Crippen molar-refractivity contribution in [3.8, 4) is 5.75 Å². The first-order valence-electron chi connectivity index (χ1n) is 7.90. The fourth-order valence-corrected chi connectivity index (χ4v) is 2.06. The highest BCUT2D eigenvalue weighted by atomic mass is 19.4. The fourth-order valence-electron chi connectivity index (χ4n) is 2.06. The summed E-state index contributed by atoms with van der Waals surface area (Å²) in [6.07, 6.45) is -2.07. The molecule has 1 aromatic carbocycles. The molecule has 0 spiro atoms. The molecule has 6 heteroatoms. The van der Waals surface area contributed by atoms with Crippen LogP contribution in [0.5, 0.6) is 5.75 Å². The van der Waals surface area contributed by atoms with E-state index < -0.39 is 18.1 Å². The van der Waals surface area contributed by atoms with Crippen LogP contribution < -0.4 is 10.5 Å². The van der Waals surface area contributed by atoms with Gasteiger partial charge in [-0.05, 0) is 56.7 Å². The van der Waals surface area contributed by atoms with Crippen LogP contribution in [0.4, 0.5) is 13.2 Å². The van der Waals surface area contributed by atoms with Crippen molar-refractivity contribution in [3.05, 3.63) is 29.8 Å². The lowest BCUT2D eigenvalue weighted by Crippen LogP contribution is -2.40. The van der Waals surface area contributed by atoms with Gasteiger partial charge in [0, 0.05) is 12.0 Å².